The van der Waals surface area contributed by atoms with Gasteiger partial charge >= 0.3 is 0 Å². The van der Waals surface area contributed by atoms with Gasteiger partial charge in [0.2, 0.25) is 0 Å². The van der Waals surface area contributed by atoms with Gasteiger partial charge in [-0.2, -0.15) is 0 Å². The first kappa shape index (κ1) is 15.3. The van der Waals surface area contributed by atoms with Crippen LogP contribution in [0.25, 0.3) is 0 Å². The average molecular weight is 275 g/mol. The first-order valence-electron chi connectivity index (χ1n) is 7.76. The van der Waals surface area contributed by atoms with E-state index in [2.05, 4.69) is 62.0 Å². The third-order valence-electron chi connectivity index (χ3n) is 4.01. The Morgan fingerprint density at radius 1 is 1.15 bits per heavy atom. The Bertz CT molecular complexity index is 407. The summed E-state index contributed by atoms with van der Waals surface area (Å²) in [5.41, 5.74) is 8.69. The molecule has 2 N–H and O–H groups in total. The van der Waals surface area contributed by atoms with Crippen molar-refractivity contribution in [2.24, 2.45) is 11.7 Å². The van der Waals surface area contributed by atoms with Crippen LogP contribution < -0.4 is 10.6 Å². The molecule has 3 heteroatoms. The van der Waals surface area contributed by atoms with Crippen molar-refractivity contribution in [3.63, 3.8) is 0 Å². The highest BCUT2D eigenvalue weighted by atomic mass is 15.2. The maximum atomic E-state index is 6.09. The van der Waals surface area contributed by atoms with E-state index in [9.17, 15) is 0 Å². The number of rotatable bonds is 7. The van der Waals surface area contributed by atoms with Crippen LogP contribution in [0.1, 0.15) is 38.3 Å². The summed E-state index contributed by atoms with van der Waals surface area (Å²) in [6.45, 7) is 6.42. The Hall–Kier alpha value is -1.06. The second kappa shape index (κ2) is 6.59. The maximum absolute atomic E-state index is 6.09. The van der Waals surface area contributed by atoms with Gasteiger partial charge in [-0.15, -0.1) is 0 Å². The molecule has 3 nitrogen and oxygen atoms in total. The van der Waals surface area contributed by atoms with Crippen LogP contribution in [0, 0.1) is 5.92 Å². The van der Waals surface area contributed by atoms with E-state index in [1.54, 1.807) is 0 Å². The molecule has 0 spiro atoms. The lowest BCUT2D eigenvalue weighted by atomic mass is 10.0. The minimum Gasteiger partial charge on any atom is -0.378 e. The molecule has 0 amide bonds. The molecular weight excluding hydrogens is 246 g/mol. The predicted molar refractivity (Wildman–Crippen MR) is 87.1 cm³/mol. The van der Waals surface area contributed by atoms with Crippen LogP contribution in [0.2, 0.25) is 0 Å². The zero-order chi connectivity index (χ0) is 14.7. The second-order valence-electron chi connectivity index (χ2n) is 6.56. The van der Waals surface area contributed by atoms with Crippen LogP contribution >= 0.6 is 0 Å². The van der Waals surface area contributed by atoms with Crippen molar-refractivity contribution in [3.05, 3.63) is 29.8 Å². The highest BCUT2D eigenvalue weighted by molar-refractivity contribution is 5.46. The van der Waals surface area contributed by atoms with Gasteiger partial charge in [-0.1, -0.05) is 26.0 Å². The van der Waals surface area contributed by atoms with Crippen LogP contribution in [0.3, 0.4) is 0 Å². The summed E-state index contributed by atoms with van der Waals surface area (Å²) < 4.78 is 0. The highest BCUT2D eigenvalue weighted by Crippen LogP contribution is 2.35. The quantitative estimate of drug-likeness (QED) is 0.830. The zero-order valence-corrected chi connectivity index (χ0v) is 13.3. The lowest BCUT2D eigenvalue weighted by Crippen LogP contribution is -2.38. The number of nitrogens with zero attached hydrogens (tertiary/aromatic N) is 2. The molecule has 0 radical (unpaired) electrons. The van der Waals surface area contributed by atoms with Crippen molar-refractivity contribution in [2.75, 3.05) is 32.1 Å². The zero-order valence-electron chi connectivity index (χ0n) is 13.3. The predicted octanol–water partition coefficient (Wildman–Crippen LogP) is 2.87. The molecule has 0 aliphatic heterocycles. The Morgan fingerprint density at radius 3 is 2.15 bits per heavy atom. The van der Waals surface area contributed by atoms with Crippen molar-refractivity contribution in [1.29, 1.82) is 0 Å². The molecule has 2 rings (SSSR count). The molecule has 0 bridgehead atoms. The van der Waals surface area contributed by atoms with Gasteiger partial charge in [-0.25, -0.2) is 0 Å². The number of anilines is 1. The van der Waals surface area contributed by atoms with E-state index >= 15 is 0 Å². The van der Waals surface area contributed by atoms with Crippen molar-refractivity contribution < 1.29 is 0 Å². The summed E-state index contributed by atoms with van der Waals surface area (Å²) in [4.78, 5) is 4.75. The highest BCUT2D eigenvalue weighted by Gasteiger charge is 2.34. The minimum atomic E-state index is 0.362. The molecule has 1 aliphatic rings. The first-order chi connectivity index (χ1) is 9.52. The monoisotopic (exact) mass is 275 g/mol. The number of nitrogens with two attached hydrogens (primary N) is 1. The van der Waals surface area contributed by atoms with Crippen molar-refractivity contribution in [3.8, 4) is 0 Å². The van der Waals surface area contributed by atoms with Gasteiger partial charge in [-0.05, 0) is 36.5 Å². The summed E-state index contributed by atoms with van der Waals surface area (Å²) in [6, 6.07) is 9.97. The minimum absolute atomic E-state index is 0.362. The summed E-state index contributed by atoms with van der Waals surface area (Å²) in [6.07, 6.45) is 2.66. The summed E-state index contributed by atoms with van der Waals surface area (Å²) in [5.74, 6) is 0.686. The molecule has 1 unspecified atom stereocenters. The molecular formula is C17H29N3. The van der Waals surface area contributed by atoms with Gasteiger partial charge in [0.05, 0.1) is 0 Å². The molecule has 112 valence electrons. The van der Waals surface area contributed by atoms with E-state index in [1.807, 2.05) is 0 Å². The molecule has 1 aliphatic carbocycles. The van der Waals surface area contributed by atoms with Crippen LogP contribution in [0.5, 0.6) is 0 Å². The maximum Gasteiger partial charge on any atom is 0.0473 e. The fraction of sp³-hybridized carbons (Fsp3) is 0.647. The number of benzene rings is 1. The molecule has 20 heavy (non-hydrogen) atoms. The number of hydrogen-bond acceptors (Lipinski definition) is 3. The fourth-order valence-corrected chi connectivity index (χ4v) is 2.82. The number of hydrogen-bond donors (Lipinski definition) is 1. The summed E-state index contributed by atoms with van der Waals surface area (Å²) in [7, 11) is 4.15. The van der Waals surface area contributed by atoms with E-state index < -0.39 is 0 Å². The van der Waals surface area contributed by atoms with Crippen LogP contribution in [0.4, 0.5) is 5.69 Å². The van der Waals surface area contributed by atoms with Crippen LogP contribution in [0.15, 0.2) is 24.3 Å². The van der Waals surface area contributed by atoms with Gasteiger partial charge in [0, 0.05) is 45.0 Å². The van der Waals surface area contributed by atoms with E-state index in [1.165, 1.54) is 24.1 Å². The van der Waals surface area contributed by atoms with Gasteiger partial charge in [0.1, 0.15) is 0 Å². The molecule has 0 heterocycles. The van der Waals surface area contributed by atoms with E-state index in [0.29, 0.717) is 18.5 Å². The molecule has 1 fully saturated rings. The van der Waals surface area contributed by atoms with Crippen LogP contribution in [-0.4, -0.2) is 38.1 Å². The Kier molecular flexibility index (Phi) is 5.06. The smallest absolute Gasteiger partial charge is 0.0473 e. The van der Waals surface area contributed by atoms with Gasteiger partial charge < -0.3 is 10.6 Å². The van der Waals surface area contributed by atoms with Gasteiger partial charge in [0.25, 0.3) is 0 Å². The second-order valence-corrected chi connectivity index (χ2v) is 6.56. The average Bonchev–Trinajstić information content (AvgIpc) is 3.23. The van der Waals surface area contributed by atoms with E-state index in [-0.39, 0.29) is 0 Å². The molecule has 0 saturated heterocycles. The topological polar surface area (TPSA) is 32.5 Å². The van der Waals surface area contributed by atoms with E-state index in [0.717, 1.165) is 12.6 Å². The summed E-state index contributed by atoms with van der Waals surface area (Å²) in [5, 5.41) is 0. The normalized spacial score (nSPS) is 16.8. The molecule has 1 saturated carbocycles. The first-order valence-corrected chi connectivity index (χ1v) is 7.76. The standard InChI is InChI=1S/C17H29N3/c1-13(2)12-20(16-9-10-16)17(11-18)14-5-7-15(8-6-14)19(3)4/h5-8,13,16-17H,9-12,18H2,1-4H3. The SMILES string of the molecule is CC(C)CN(C1CC1)C(CN)c1ccc(N(C)C)cc1. The van der Waals surface area contributed by atoms with Gasteiger partial charge in [0.15, 0.2) is 0 Å². The Labute approximate surface area is 123 Å². The third kappa shape index (κ3) is 3.74. The largest absolute Gasteiger partial charge is 0.378 e. The van der Waals surface area contributed by atoms with Crippen LogP contribution in [-0.2, 0) is 0 Å². The Balaban J connectivity index is 2.16. The fourth-order valence-electron chi connectivity index (χ4n) is 2.82. The molecule has 1 aromatic carbocycles. The molecule has 0 aromatic heterocycles. The van der Waals surface area contributed by atoms with Crippen molar-refractivity contribution >= 4 is 5.69 Å². The molecule has 1 atom stereocenters. The van der Waals surface area contributed by atoms with Crippen molar-refractivity contribution in [1.82, 2.24) is 4.90 Å². The lowest BCUT2D eigenvalue weighted by Gasteiger charge is -2.33. The van der Waals surface area contributed by atoms with Gasteiger partial charge in [-0.3, -0.25) is 4.90 Å². The van der Waals surface area contributed by atoms with Crippen molar-refractivity contribution in [2.45, 2.75) is 38.8 Å². The lowest BCUT2D eigenvalue weighted by molar-refractivity contribution is 0.169. The van der Waals surface area contributed by atoms with E-state index in [4.69, 9.17) is 5.73 Å². The summed E-state index contributed by atoms with van der Waals surface area (Å²) >= 11 is 0. The molecule has 1 aromatic rings. The third-order valence-corrected chi connectivity index (χ3v) is 4.01. The Morgan fingerprint density at radius 2 is 1.75 bits per heavy atom.